The van der Waals surface area contributed by atoms with Gasteiger partial charge in [0.15, 0.2) is 0 Å². The molecule has 6 heteroatoms. The fourth-order valence-corrected chi connectivity index (χ4v) is 4.40. The van der Waals surface area contributed by atoms with Crippen molar-refractivity contribution in [3.63, 3.8) is 0 Å². The Morgan fingerprint density at radius 1 is 1.13 bits per heavy atom. The van der Waals surface area contributed by atoms with Gasteiger partial charge < -0.3 is 14.9 Å². The number of aryl methyl sites for hydroxylation is 1. The minimum Gasteiger partial charge on any atom is -0.351 e. The minimum absolute atomic E-state index is 0.0474. The summed E-state index contributed by atoms with van der Waals surface area (Å²) in [6, 6.07) is 12.5. The van der Waals surface area contributed by atoms with E-state index in [1.807, 2.05) is 18.0 Å². The molecule has 5 rings (SSSR count). The highest BCUT2D eigenvalue weighted by Crippen LogP contribution is 2.32. The van der Waals surface area contributed by atoms with Gasteiger partial charge in [0.05, 0.1) is 11.0 Å². The normalized spacial score (nSPS) is 16.5. The van der Waals surface area contributed by atoms with Crippen LogP contribution in [0.15, 0.2) is 55.0 Å². The molecule has 30 heavy (non-hydrogen) atoms. The molecule has 1 fully saturated rings. The van der Waals surface area contributed by atoms with Crippen LogP contribution in [0.1, 0.15) is 18.9 Å². The number of hydrogen-bond donors (Lipinski definition) is 1. The first-order valence-corrected chi connectivity index (χ1v) is 10.2. The second-order valence-corrected chi connectivity index (χ2v) is 8.01. The van der Waals surface area contributed by atoms with E-state index in [2.05, 4.69) is 51.1 Å². The third-order valence-corrected chi connectivity index (χ3v) is 6.13. The van der Waals surface area contributed by atoms with Crippen molar-refractivity contribution in [3.8, 4) is 11.1 Å². The van der Waals surface area contributed by atoms with Crippen LogP contribution < -0.4 is 0 Å². The van der Waals surface area contributed by atoms with Gasteiger partial charge in [0, 0.05) is 68.4 Å². The number of amides is 1. The zero-order valence-electron chi connectivity index (χ0n) is 17.1. The Hall–Kier alpha value is -3.54. The summed E-state index contributed by atoms with van der Waals surface area (Å²) in [5.74, 6) is 0.123. The first kappa shape index (κ1) is 18.5. The zero-order chi connectivity index (χ0) is 20.8. The maximum Gasteiger partial charge on any atom is 0.219 e. The molecule has 1 N–H and O–H groups in total. The van der Waals surface area contributed by atoms with E-state index in [1.165, 1.54) is 5.39 Å². The molecule has 3 heterocycles. The van der Waals surface area contributed by atoms with E-state index < -0.39 is 0 Å². The number of carbonyl (C=O) groups excluding carboxylic acids is 1. The van der Waals surface area contributed by atoms with E-state index in [1.54, 1.807) is 19.3 Å². The van der Waals surface area contributed by atoms with Gasteiger partial charge in [0.25, 0.3) is 0 Å². The van der Waals surface area contributed by atoms with Gasteiger partial charge in [-0.1, -0.05) is 12.1 Å². The minimum atomic E-state index is 0.0474. The van der Waals surface area contributed by atoms with E-state index in [0.717, 1.165) is 39.7 Å². The third-order valence-electron chi connectivity index (χ3n) is 6.13. The van der Waals surface area contributed by atoms with Crippen molar-refractivity contribution in [2.24, 2.45) is 13.0 Å². The van der Waals surface area contributed by atoms with E-state index >= 15 is 0 Å². The highest BCUT2D eigenvalue weighted by atomic mass is 16.2. The number of rotatable bonds is 3. The molecule has 1 saturated heterocycles. The molecule has 0 radical (unpaired) electrons. The van der Waals surface area contributed by atoms with Crippen LogP contribution in [0.2, 0.25) is 0 Å². The molecule has 1 aliphatic rings. The van der Waals surface area contributed by atoms with Crippen LogP contribution in [0.4, 0.5) is 0 Å². The summed E-state index contributed by atoms with van der Waals surface area (Å²) in [4.78, 5) is 22.6. The summed E-state index contributed by atoms with van der Waals surface area (Å²) < 4.78 is 2.10. The lowest BCUT2D eigenvalue weighted by atomic mass is 9.92. The van der Waals surface area contributed by atoms with Crippen molar-refractivity contribution in [2.45, 2.75) is 13.3 Å². The average Bonchev–Trinajstić information content (AvgIpc) is 3.40. The Morgan fingerprint density at radius 2 is 1.97 bits per heavy atom. The summed E-state index contributed by atoms with van der Waals surface area (Å²) in [7, 11) is 2.04. The largest absolute Gasteiger partial charge is 0.351 e. The standard InChI is InChI=1S/C24H23N5O/c1-15(30)29-10-6-18(14-29)23(25)19-11-20(24-21(12-19)26-7-8-27-24)17-4-3-16-5-9-28(2)22(16)13-17/h3-5,7-9,11-13,18,25H,6,10,14H2,1-2H3/t18-/m1/s1. The summed E-state index contributed by atoms with van der Waals surface area (Å²) in [5.41, 5.74) is 6.21. The maximum atomic E-state index is 11.7. The second kappa shape index (κ2) is 7.06. The molecule has 6 nitrogen and oxygen atoms in total. The summed E-state index contributed by atoms with van der Waals surface area (Å²) >= 11 is 0. The van der Waals surface area contributed by atoms with Gasteiger partial charge in [0.2, 0.25) is 5.91 Å². The van der Waals surface area contributed by atoms with Crippen LogP contribution in [-0.2, 0) is 11.8 Å². The lowest BCUT2D eigenvalue weighted by Gasteiger charge is -2.16. The summed E-state index contributed by atoms with van der Waals surface area (Å²) in [6.45, 7) is 2.92. The van der Waals surface area contributed by atoms with E-state index in [0.29, 0.717) is 18.8 Å². The lowest BCUT2D eigenvalue weighted by Crippen LogP contribution is -2.27. The van der Waals surface area contributed by atoms with Gasteiger partial charge in [-0.3, -0.25) is 14.8 Å². The second-order valence-electron chi connectivity index (χ2n) is 8.01. The van der Waals surface area contributed by atoms with E-state index in [9.17, 15) is 4.79 Å². The molecule has 1 aliphatic heterocycles. The van der Waals surface area contributed by atoms with Gasteiger partial charge >= 0.3 is 0 Å². The van der Waals surface area contributed by atoms with Gasteiger partial charge in [-0.25, -0.2) is 0 Å². The zero-order valence-corrected chi connectivity index (χ0v) is 17.1. The fourth-order valence-electron chi connectivity index (χ4n) is 4.40. The number of hydrogen-bond acceptors (Lipinski definition) is 4. The monoisotopic (exact) mass is 397 g/mol. The number of carbonyl (C=O) groups is 1. The summed E-state index contributed by atoms with van der Waals surface area (Å²) in [5, 5.41) is 10.0. The average molecular weight is 397 g/mol. The van der Waals surface area contributed by atoms with Gasteiger partial charge in [-0.05, 0) is 47.2 Å². The molecule has 4 aromatic rings. The first-order chi connectivity index (χ1) is 14.5. The van der Waals surface area contributed by atoms with Crippen LogP contribution >= 0.6 is 0 Å². The molecule has 0 bridgehead atoms. The Bertz CT molecular complexity index is 1310. The number of aromatic nitrogens is 3. The van der Waals surface area contributed by atoms with Gasteiger partial charge in [-0.2, -0.15) is 0 Å². The summed E-state index contributed by atoms with van der Waals surface area (Å²) in [6.07, 6.45) is 6.27. The van der Waals surface area contributed by atoms with Crippen LogP contribution in [0.5, 0.6) is 0 Å². The first-order valence-electron chi connectivity index (χ1n) is 10.2. The van der Waals surface area contributed by atoms with Crippen molar-refractivity contribution in [3.05, 3.63) is 60.6 Å². The van der Waals surface area contributed by atoms with Crippen LogP contribution in [-0.4, -0.2) is 44.1 Å². The molecule has 0 spiro atoms. The SMILES string of the molecule is CC(=O)N1CC[C@@H](C(=N)c2cc(-c3ccc4ccn(C)c4c3)c3nccnc3c2)C1. The topological polar surface area (TPSA) is 74.9 Å². The number of nitrogens with zero attached hydrogens (tertiary/aromatic N) is 4. The van der Waals surface area contributed by atoms with E-state index in [4.69, 9.17) is 5.41 Å². The predicted molar refractivity (Wildman–Crippen MR) is 119 cm³/mol. The Kier molecular flexibility index (Phi) is 4.35. The smallest absolute Gasteiger partial charge is 0.219 e. The molecule has 0 aliphatic carbocycles. The van der Waals surface area contributed by atoms with E-state index in [-0.39, 0.29) is 11.8 Å². The van der Waals surface area contributed by atoms with Crippen molar-refractivity contribution < 1.29 is 4.79 Å². The number of benzene rings is 2. The van der Waals surface area contributed by atoms with Gasteiger partial charge in [0.1, 0.15) is 0 Å². The highest BCUT2D eigenvalue weighted by Gasteiger charge is 2.28. The van der Waals surface area contributed by atoms with Crippen molar-refractivity contribution >= 4 is 33.6 Å². The third kappa shape index (κ3) is 3.05. The maximum absolute atomic E-state index is 11.7. The number of fused-ring (bicyclic) bond motifs is 2. The molecule has 2 aromatic heterocycles. The molecule has 2 aromatic carbocycles. The molecule has 0 saturated carbocycles. The predicted octanol–water partition coefficient (Wildman–Crippen LogP) is 4.02. The van der Waals surface area contributed by atoms with Crippen molar-refractivity contribution in [2.75, 3.05) is 13.1 Å². The molecule has 0 unspecified atom stereocenters. The van der Waals surface area contributed by atoms with Crippen LogP contribution in [0.25, 0.3) is 33.1 Å². The van der Waals surface area contributed by atoms with Gasteiger partial charge in [-0.15, -0.1) is 0 Å². The van der Waals surface area contributed by atoms with Crippen LogP contribution in [0.3, 0.4) is 0 Å². The quantitative estimate of drug-likeness (QED) is 0.531. The van der Waals surface area contributed by atoms with Crippen LogP contribution in [0, 0.1) is 11.3 Å². The van der Waals surface area contributed by atoms with Crippen molar-refractivity contribution in [1.29, 1.82) is 5.41 Å². The Labute approximate surface area is 174 Å². The van der Waals surface area contributed by atoms with Crippen molar-refractivity contribution in [1.82, 2.24) is 19.4 Å². The molecule has 150 valence electrons. The molecular weight excluding hydrogens is 374 g/mol. The Balaban J connectivity index is 1.62. The Morgan fingerprint density at radius 3 is 2.77 bits per heavy atom. The molecule has 1 atom stereocenters. The lowest BCUT2D eigenvalue weighted by molar-refractivity contribution is -0.127. The molecular formula is C24H23N5O. The fraction of sp³-hybridized carbons (Fsp3) is 0.250. The highest BCUT2D eigenvalue weighted by molar-refractivity contribution is 6.06. The number of likely N-dealkylation sites (tertiary alicyclic amines) is 1. The molecule has 1 amide bonds. The number of nitrogens with one attached hydrogen (secondary N) is 1.